The van der Waals surface area contributed by atoms with Crippen LogP contribution >= 0.6 is 0 Å². The Hall–Kier alpha value is -1.90. The minimum absolute atomic E-state index is 0.301. The van der Waals surface area contributed by atoms with Gasteiger partial charge in [0.2, 0.25) is 0 Å². The van der Waals surface area contributed by atoms with Crippen LogP contribution in [-0.4, -0.2) is 12.1 Å². The van der Waals surface area contributed by atoms with Crippen LogP contribution in [0.5, 0.6) is 5.75 Å². The normalized spacial score (nSPS) is 10.2. The molecule has 1 aromatic heterocycles. The highest BCUT2D eigenvalue weighted by Crippen LogP contribution is 2.31. The lowest BCUT2D eigenvalue weighted by atomic mass is 10.1. The van der Waals surface area contributed by atoms with Gasteiger partial charge in [0.25, 0.3) is 0 Å². The molecule has 1 aromatic carbocycles. The molecule has 0 aliphatic carbocycles. The number of hydrogen-bond donors (Lipinski definition) is 0. The molecule has 2 aromatic rings. The number of rotatable bonds is 2. The second-order valence-electron chi connectivity index (χ2n) is 3.51. The molecule has 0 N–H and O–H groups in total. The molecule has 0 amide bonds. The monoisotopic (exact) mass is 217 g/mol. The van der Waals surface area contributed by atoms with E-state index >= 15 is 0 Å². The van der Waals surface area contributed by atoms with Crippen LogP contribution in [0.3, 0.4) is 0 Å². The fourth-order valence-electron chi connectivity index (χ4n) is 1.57. The standard InChI is InChI=1S/C13H12FNO/c1-9-6-7-10(8-15-9)13-11(14)4-3-5-12(13)16-2/h3-8H,1-2H3. The van der Waals surface area contributed by atoms with E-state index < -0.39 is 0 Å². The van der Waals surface area contributed by atoms with Crippen molar-refractivity contribution < 1.29 is 9.13 Å². The van der Waals surface area contributed by atoms with E-state index in [9.17, 15) is 4.39 Å². The van der Waals surface area contributed by atoms with Crippen molar-refractivity contribution in [3.63, 3.8) is 0 Å². The summed E-state index contributed by atoms with van der Waals surface area (Å²) in [5.74, 6) is 0.218. The molecule has 1 heterocycles. The third-order valence-electron chi connectivity index (χ3n) is 2.40. The van der Waals surface area contributed by atoms with Crippen molar-refractivity contribution in [2.75, 3.05) is 7.11 Å². The maximum absolute atomic E-state index is 13.7. The summed E-state index contributed by atoms with van der Waals surface area (Å²) < 4.78 is 18.9. The van der Waals surface area contributed by atoms with E-state index in [0.717, 1.165) is 11.3 Å². The highest BCUT2D eigenvalue weighted by atomic mass is 19.1. The molecule has 2 nitrogen and oxygen atoms in total. The molecule has 3 heteroatoms. The smallest absolute Gasteiger partial charge is 0.134 e. The van der Waals surface area contributed by atoms with Crippen LogP contribution in [0.4, 0.5) is 4.39 Å². The summed E-state index contributed by atoms with van der Waals surface area (Å²) in [6, 6.07) is 8.46. The number of aryl methyl sites for hydroxylation is 1. The molecule has 2 rings (SSSR count). The first kappa shape index (κ1) is 10.6. The fourth-order valence-corrected chi connectivity index (χ4v) is 1.57. The van der Waals surface area contributed by atoms with Gasteiger partial charge >= 0.3 is 0 Å². The third-order valence-corrected chi connectivity index (χ3v) is 2.40. The Bertz CT molecular complexity index is 494. The van der Waals surface area contributed by atoms with Crippen LogP contribution < -0.4 is 4.74 Å². The van der Waals surface area contributed by atoms with E-state index in [4.69, 9.17) is 4.74 Å². The van der Waals surface area contributed by atoms with Crippen LogP contribution in [0.2, 0.25) is 0 Å². The summed E-state index contributed by atoms with van der Waals surface area (Å²) in [7, 11) is 1.53. The zero-order valence-corrected chi connectivity index (χ0v) is 9.20. The SMILES string of the molecule is COc1cccc(F)c1-c1ccc(C)nc1. The molecule has 0 saturated carbocycles. The summed E-state index contributed by atoms with van der Waals surface area (Å²) in [6.45, 7) is 1.89. The van der Waals surface area contributed by atoms with Gasteiger partial charge in [-0.2, -0.15) is 0 Å². The Morgan fingerprint density at radius 2 is 2.00 bits per heavy atom. The largest absolute Gasteiger partial charge is 0.496 e. The minimum atomic E-state index is -0.301. The summed E-state index contributed by atoms with van der Waals surface area (Å²) >= 11 is 0. The summed E-state index contributed by atoms with van der Waals surface area (Å²) in [5, 5.41) is 0. The molecule has 0 saturated heterocycles. The van der Waals surface area contributed by atoms with Gasteiger partial charge in [-0.3, -0.25) is 4.98 Å². The topological polar surface area (TPSA) is 22.1 Å². The molecule has 0 spiro atoms. The molecule has 0 atom stereocenters. The summed E-state index contributed by atoms with van der Waals surface area (Å²) in [6.07, 6.45) is 1.65. The Morgan fingerprint density at radius 1 is 1.19 bits per heavy atom. The van der Waals surface area contributed by atoms with E-state index in [-0.39, 0.29) is 5.82 Å². The molecule has 0 aliphatic heterocycles. The molecule has 16 heavy (non-hydrogen) atoms. The van der Waals surface area contributed by atoms with Gasteiger partial charge in [-0.05, 0) is 25.1 Å². The van der Waals surface area contributed by atoms with E-state index in [1.54, 1.807) is 18.3 Å². The zero-order valence-electron chi connectivity index (χ0n) is 9.20. The first-order valence-electron chi connectivity index (χ1n) is 4.98. The molecule has 0 radical (unpaired) electrons. The lowest BCUT2D eigenvalue weighted by Crippen LogP contribution is -1.92. The number of halogens is 1. The highest BCUT2D eigenvalue weighted by molar-refractivity contribution is 5.70. The van der Waals surface area contributed by atoms with Crippen molar-refractivity contribution in [3.05, 3.63) is 48.0 Å². The van der Waals surface area contributed by atoms with Gasteiger partial charge in [0, 0.05) is 17.5 Å². The summed E-state index contributed by atoms with van der Waals surface area (Å²) in [4.78, 5) is 4.15. The number of pyridine rings is 1. The van der Waals surface area contributed by atoms with E-state index in [1.165, 1.54) is 13.2 Å². The molecular formula is C13H12FNO. The van der Waals surface area contributed by atoms with Crippen molar-refractivity contribution in [1.82, 2.24) is 4.98 Å². The number of hydrogen-bond acceptors (Lipinski definition) is 2. The van der Waals surface area contributed by atoms with Gasteiger partial charge in [-0.15, -0.1) is 0 Å². The van der Waals surface area contributed by atoms with Crippen molar-refractivity contribution in [1.29, 1.82) is 0 Å². The second-order valence-corrected chi connectivity index (χ2v) is 3.51. The second kappa shape index (κ2) is 4.31. The molecule has 0 fully saturated rings. The molecule has 0 unspecified atom stereocenters. The Kier molecular flexibility index (Phi) is 2.86. The van der Waals surface area contributed by atoms with Crippen molar-refractivity contribution in [3.8, 4) is 16.9 Å². The van der Waals surface area contributed by atoms with Crippen LogP contribution in [0.1, 0.15) is 5.69 Å². The van der Waals surface area contributed by atoms with Crippen molar-refractivity contribution in [2.24, 2.45) is 0 Å². The van der Waals surface area contributed by atoms with E-state index in [2.05, 4.69) is 4.98 Å². The number of aromatic nitrogens is 1. The molecular weight excluding hydrogens is 205 g/mol. The quantitative estimate of drug-likeness (QED) is 0.770. The van der Waals surface area contributed by atoms with Gasteiger partial charge in [0.05, 0.1) is 12.7 Å². The predicted octanol–water partition coefficient (Wildman–Crippen LogP) is 3.20. The molecule has 0 aliphatic rings. The van der Waals surface area contributed by atoms with E-state index in [0.29, 0.717) is 11.3 Å². The van der Waals surface area contributed by atoms with Crippen LogP contribution in [0.15, 0.2) is 36.5 Å². The number of ether oxygens (including phenoxy) is 1. The fraction of sp³-hybridized carbons (Fsp3) is 0.154. The third kappa shape index (κ3) is 1.89. The average Bonchev–Trinajstić information content (AvgIpc) is 2.30. The van der Waals surface area contributed by atoms with Gasteiger partial charge < -0.3 is 4.74 Å². The molecule has 0 bridgehead atoms. The summed E-state index contributed by atoms with van der Waals surface area (Å²) in [5.41, 5.74) is 2.08. The first-order valence-corrected chi connectivity index (χ1v) is 4.98. The van der Waals surface area contributed by atoms with E-state index in [1.807, 2.05) is 19.1 Å². The van der Waals surface area contributed by atoms with Gasteiger partial charge in [-0.25, -0.2) is 4.39 Å². The maximum atomic E-state index is 13.7. The van der Waals surface area contributed by atoms with Crippen molar-refractivity contribution in [2.45, 2.75) is 6.92 Å². The molecule has 82 valence electrons. The maximum Gasteiger partial charge on any atom is 0.134 e. The lowest BCUT2D eigenvalue weighted by Gasteiger charge is -2.09. The Morgan fingerprint density at radius 3 is 2.62 bits per heavy atom. The average molecular weight is 217 g/mol. The Labute approximate surface area is 93.7 Å². The highest BCUT2D eigenvalue weighted by Gasteiger charge is 2.11. The zero-order chi connectivity index (χ0) is 11.5. The number of nitrogens with zero attached hydrogens (tertiary/aromatic N) is 1. The number of benzene rings is 1. The van der Waals surface area contributed by atoms with Crippen LogP contribution in [0, 0.1) is 12.7 Å². The van der Waals surface area contributed by atoms with Gasteiger partial charge in [0.15, 0.2) is 0 Å². The predicted molar refractivity (Wildman–Crippen MR) is 60.9 cm³/mol. The minimum Gasteiger partial charge on any atom is -0.496 e. The first-order chi connectivity index (χ1) is 7.72. The van der Waals surface area contributed by atoms with Crippen molar-refractivity contribution >= 4 is 0 Å². The van der Waals surface area contributed by atoms with Gasteiger partial charge in [0.1, 0.15) is 11.6 Å². The Balaban J connectivity index is 2.58. The number of methoxy groups -OCH3 is 1. The van der Waals surface area contributed by atoms with Crippen LogP contribution in [0.25, 0.3) is 11.1 Å². The van der Waals surface area contributed by atoms with Gasteiger partial charge in [-0.1, -0.05) is 12.1 Å². The lowest BCUT2D eigenvalue weighted by molar-refractivity contribution is 0.413. The van der Waals surface area contributed by atoms with Crippen LogP contribution in [-0.2, 0) is 0 Å².